The van der Waals surface area contributed by atoms with Crippen LogP contribution in [0.5, 0.6) is 0 Å². The zero-order chi connectivity index (χ0) is 20.0. The van der Waals surface area contributed by atoms with Crippen molar-refractivity contribution in [3.63, 3.8) is 0 Å². The van der Waals surface area contributed by atoms with Gasteiger partial charge in [0.2, 0.25) is 11.2 Å². The first-order valence-corrected chi connectivity index (χ1v) is 10.4. The number of rotatable bonds is 3. The highest BCUT2D eigenvalue weighted by molar-refractivity contribution is 7.22. The van der Waals surface area contributed by atoms with E-state index < -0.39 is 0 Å². The Morgan fingerprint density at radius 2 is 2.07 bits per heavy atom. The van der Waals surface area contributed by atoms with E-state index in [0.29, 0.717) is 16.3 Å². The van der Waals surface area contributed by atoms with Crippen molar-refractivity contribution in [2.75, 3.05) is 11.1 Å². The van der Waals surface area contributed by atoms with Gasteiger partial charge in [0.1, 0.15) is 5.52 Å². The van der Waals surface area contributed by atoms with E-state index in [2.05, 4.69) is 30.2 Å². The van der Waals surface area contributed by atoms with Crippen LogP contribution in [0.2, 0.25) is 5.28 Å². The first-order valence-electron chi connectivity index (χ1n) is 9.25. The monoisotopic (exact) mass is 428 g/mol. The molecule has 5 rings (SSSR count). The summed E-state index contributed by atoms with van der Waals surface area (Å²) in [6.45, 7) is 0. The predicted molar refractivity (Wildman–Crippen MR) is 112 cm³/mol. The van der Waals surface area contributed by atoms with Crippen LogP contribution in [-0.4, -0.2) is 35.4 Å². The largest absolute Gasteiger partial charge is 0.382 e. The number of fused-ring (bicyclic) bond motifs is 2. The second-order valence-electron chi connectivity index (χ2n) is 7.06. The lowest BCUT2D eigenvalue weighted by Crippen LogP contribution is -2.28. The third-order valence-corrected chi connectivity index (χ3v) is 6.39. The van der Waals surface area contributed by atoms with Crippen LogP contribution < -0.4 is 11.1 Å². The van der Waals surface area contributed by atoms with Crippen LogP contribution in [0.15, 0.2) is 24.8 Å². The van der Waals surface area contributed by atoms with E-state index in [1.165, 1.54) is 11.3 Å². The second kappa shape index (κ2) is 7.20. The predicted octanol–water partition coefficient (Wildman–Crippen LogP) is 3.44. The zero-order valence-electron chi connectivity index (χ0n) is 15.2. The Morgan fingerprint density at radius 3 is 2.86 bits per heavy atom. The van der Waals surface area contributed by atoms with Gasteiger partial charge in [-0.3, -0.25) is 9.78 Å². The number of nitrogens with one attached hydrogen (secondary N) is 1. The topological polar surface area (TPSA) is 124 Å². The van der Waals surface area contributed by atoms with Gasteiger partial charge >= 0.3 is 0 Å². The molecule has 1 saturated carbocycles. The number of amides is 1. The van der Waals surface area contributed by atoms with Gasteiger partial charge in [-0.2, -0.15) is 9.97 Å². The minimum Gasteiger partial charge on any atom is -0.382 e. The highest BCUT2D eigenvalue weighted by Gasteiger charge is 2.29. The number of carbonyl (C=O) groups excluding carboxylic acids is 1. The fourth-order valence-corrected chi connectivity index (χ4v) is 4.84. The maximum Gasteiger partial charge on any atom is 0.229 e. The summed E-state index contributed by atoms with van der Waals surface area (Å²) < 4.78 is 2.95. The third-order valence-electron chi connectivity index (χ3n) is 5.30. The van der Waals surface area contributed by atoms with Crippen molar-refractivity contribution >= 4 is 61.2 Å². The minimum absolute atomic E-state index is 0.0144. The number of carbonyl (C=O) groups is 1. The number of nitrogens with zero attached hydrogens (tertiary/aromatic N) is 6. The van der Waals surface area contributed by atoms with Gasteiger partial charge in [-0.15, -0.1) is 0 Å². The van der Waals surface area contributed by atoms with Gasteiger partial charge in [-0.1, -0.05) is 11.3 Å². The molecule has 0 bridgehead atoms. The van der Waals surface area contributed by atoms with Gasteiger partial charge < -0.3 is 15.6 Å². The fraction of sp³-hybridized carbons (Fsp3) is 0.333. The number of anilines is 2. The first kappa shape index (κ1) is 18.2. The summed E-state index contributed by atoms with van der Waals surface area (Å²) in [5.41, 5.74) is 7.93. The van der Waals surface area contributed by atoms with Crippen LogP contribution in [-0.2, 0) is 4.79 Å². The van der Waals surface area contributed by atoms with E-state index >= 15 is 0 Å². The summed E-state index contributed by atoms with van der Waals surface area (Å²) in [6, 6.07) is 2.04. The Hall–Kier alpha value is -2.85. The molecule has 29 heavy (non-hydrogen) atoms. The van der Waals surface area contributed by atoms with Crippen LogP contribution in [0.1, 0.15) is 31.7 Å². The summed E-state index contributed by atoms with van der Waals surface area (Å²) in [7, 11) is 0. The van der Waals surface area contributed by atoms with Crippen molar-refractivity contribution in [3.05, 3.63) is 30.1 Å². The van der Waals surface area contributed by atoms with E-state index in [1.54, 1.807) is 18.7 Å². The maximum atomic E-state index is 12.7. The molecular weight excluding hydrogens is 412 g/mol. The van der Waals surface area contributed by atoms with Gasteiger partial charge in [-0.05, 0) is 43.4 Å². The maximum absolute atomic E-state index is 12.7. The third kappa shape index (κ3) is 3.38. The van der Waals surface area contributed by atoms with Gasteiger partial charge in [0.25, 0.3) is 0 Å². The van der Waals surface area contributed by atoms with Crippen molar-refractivity contribution in [2.24, 2.45) is 5.92 Å². The molecule has 9 nitrogen and oxygen atoms in total. The van der Waals surface area contributed by atoms with Gasteiger partial charge in [0.15, 0.2) is 16.6 Å². The number of nitrogen functional groups attached to an aromatic ring is 1. The Kier molecular flexibility index (Phi) is 4.51. The number of aromatic nitrogens is 6. The number of pyridine rings is 1. The van der Waals surface area contributed by atoms with E-state index in [-0.39, 0.29) is 29.0 Å². The molecule has 1 fully saturated rings. The molecule has 4 heterocycles. The summed E-state index contributed by atoms with van der Waals surface area (Å²) >= 11 is 7.39. The molecule has 0 unspecified atom stereocenters. The molecule has 3 N–H and O–H groups in total. The van der Waals surface area contributed by atoms with Crippen molar-refractivity contribution in [1.82, 2.24) is 29.5 Å². The quantitative estimate of drug-likeness (QED) is 0.479. The zero-order valence-corrected chi connectivity index (χ0v) is 16.8. The molecule has 0 spiro atoms. The normalized spacial score (nSPS) is 19.6. The lowest BCUT2D eigenvalue weighted by Gasteiger charge is -2.28. The van der Waals surface area contributed by atoms with E-state index in [0.717, 1.165) is 35.9 Å². The Balaban J connectivity index is 1.27. The molecular formula is C18H17ClN8OS. The molecule has 148 valence electrons. The SMILES string of the molecule is Nc1nc(Cl)nc2c1ncn2C1CCC(C(=O)Nc2nc3ccncc3s2)CC1. The summed E-state index contributed by atoms with van der Waals surface area (Å²) in [4.78, 5) is 33.8. The van der Waals surface area contributed by atoms with Crippen LogP contribution in [0.25, 0.3) is 21.4 Å². The lowest BCUT2D eigenvalue weighted by molar-refractivity contribution is -0.120. The van der Waals surface area contributed by atoms with E-state index in [4.69, 9.17) is 17.3 Å². The molecule has 0 radical (unpaired) electrons. The van der Waals surface area contributed by atoms with Crippen molar-refractivity contribution < 1.29 is 4.79 Å². The standard InChI is InChI=1S/C18H17ClN8OS/c19-17-24-14(20)13-15(25-17)27(8-22-13)10-3-1-9(2-4-10)16(28)26-18-23-11-5-6-21-7-12(11)29-18/h5-10H,1-4H2,(H2,20,24,25)(H,23,26,28). The van der Waals surface area contributed by atoms with Crippen LogP contribution in [0, 0.1) is 5.92 Å². The van der Waals surface area contributed by atoms with Gasteiger partial charge in [0, 0.05) is 24.4 Å². The Bertz CT molecular complexity index is 1180. The van der Waals surface area contributed by atoms with Crippen molar-refractivity contribution in [1.29, 1.82) is 0 Å². The number of nitrogens with two attached hydrogens (primary N) is 1. The number of imidazole rings is 1. The molecule has 0 aromatic carbocycles. The number of hydrogen-bond acceptors (Lipinski definition) is 8. The first-order chi connectivity index (χ1) is 14.1. The van der Waals surface area contributed by atoms with Crippen LogP contribution in [0.4, 0.5) is 10.9 Å². The molecule has 4 aromatic rings. The molecule has 4 aromatic heterocycles. The van der Waals surface area contributed by atoms with Crippen LogP contribution in [0.3, 0.4) is 0 Å². The van der Waals surface area contributed by atoms with E-state index in [9.17, 15) is 4.79 Å². The minimum atomic E-state index is -0.0468. The van der Waals surface area contributed by atoms with E-state index in [1.807, 2.05) is 10.6 Å². The number of thiazole rings is 1. The molecule has 11 heteroatoms. The molecule has 1 amide bonds. The van der Waals surface area contributed by atoms with Crippen molar-refractivity contribution in [2.45, 2.75) is 31.7 Å². The van der Waals surface area contributed by atoms with Gasteiger partial charge in [-0.25, -0.2) is 9.97 Å². The molecule has 0 atom stereocenters. The average molecular weight is 429 g/mol. The second-order valence-corrected chi connectivity index (χ2v) is 8.43. The van der Waals surface area contributed by atoms with Gasteiger partial charge in [0.05, 0.1) is 16.5 Å². The average Bonchev–Trinajstić information content (AvgIpc) is 3.31. The molecule has 1 aliphatic rings. The number of halogens is 1. The fourth-order valence-electron chi connectivity index (χ4n) is 3.84. The molecule has 1 aliphatic carbocycles. The molecule has 0 aliphatic heterocycles. The smallest absolute Gasteiger partial charge is 0.229 e. The summed E-state index contributed by atoms with van der Waals surface area (Å²) in [5.74, 6) is 0.243. The highest BCUT2D eigenvalue weighted by Crippen LogP contribution is 2.35. The number of hydrogen-bond donors (Lipinski definition) is 2. The lowest BCUT2D eigenvalue weighted by atomic mass is 9.85. The van der Waals surface area contributed by atoms with Crippen molar-refractivity contribution in [3.8, 4) is 0 Å². The Morgan fingerprint density at radius 1 is 1.24 bits per heavy atom. The highest BCUT2D eigenvalue weighted by atomic mass is 35.5. The Labute approximate surface area is 174 Å². The summed E-state index contributed by atoms with van der Waals surface area (Å²) in [6.07, 6.45) is 8.41. The molecule has 0 saturated heterocycles. The van der Waals surface area contributed by atoms with Crippen LogP contribution >= 0.6 is 22.9 Å². The summed E-state index contributed by atoms with van der Waals surface area (Å²) in [5, 5.41) is 3.68.